The number of hydrogen-bond donors (Lipinski definition) is 3. The van der Waals surface area contributed by atoms with Crippen molar-refractivity contribution in [2.75, 3.05) is 26.1 Å². The second-order valence-electron chi connectivity index (χ2n) is 6.13. The Bertz CT molecular complexity index is 856. The smallest absolute Gasteiger partial charge is 0.321 e. The molecule has 0 unspecified atom stereocenters. The molecule has 1 atom stereocenters. The number of aliphatic carboxylic acids is 1. The number of halogens is 2. The fourth-order valence-corrected chi connectivity index (χ4v) is 3.16. The number of rotatable bonds is 10. The zero-order valence-electron chi connectivity index (χ0n) is 16.0. The first kappa shape index (κ1) is 22.8. The van der Waals surface area contributed by atoms with E-state index in [1.807, 2.05) is 12.1 Å². The molecule has 1 amide bonds. The normalized spacial score (nSPS) is 11.6. The van der Waals surface area contributed by atoms with Crippen molar-refractivity contribution in [2.24, 2.45) is 0 Å². The molecule has 2 rings (SSSR count). The summed E-state index contributed by atoms with van der Waals surface area (Å²) in [5.74, 6) is -0.429. The van der Waals surface area contributed by atoms with Gasteiger partial charge in [0.2, 0.25) is 5.91 Å². The maximum absolute atomic E-state index is 12.3. The standard InChI is InChI=1S/C20H22Cl2N2O5/c1-28-16-7-6-12(10-17(16)29-2)8-9-23-15(20(26)27)11-18(25)24-19-13(21)4-3-5-14(19)22/h3-7,10,15,23H,8-9,11H2,1-2H3,(H,24,25)(H,26,27)/t15-/m1/s1. The molecule has 0 heterocycles. The molecule has 0 saturated heterocycles. The van der Waals surface area contributed by atoms with E-state index < -0.39 is 17.9 Å². The van der Waals surface area contributed by atoms with Crippen LogP contribution in [0.5, 0.6) is 11.5 Å². The van der Waals surface area contributed by atoms with Crippen LogP contribution in [0.15, 0.2) is 36.4 Å². The lowest BCUT2D eigenvalue weighted by molar-refractivity contribution is -0.141. The van der Waals surface area contributed by atoms with Crippen molar-refractivity contribution in [1.82, 2.24) is 5.32 Å². The van der Waals surface area contributed by atoms with Crippen molar-refractivity contribution >= 4 is 40.8 Å². The minimum Gasteiger partial charge on any atom is -0.493 e. The number of carbonyl (C=O) groups is 2. The van der Waals surface area contributed by atoms with Crippen LogP contribution < -0.4 is 20.1 Å². The minimum absolute atomic E-state index is 0.260. The minimum atomic E-state index is -1.13. The van der Waals surface area contributed by atoms with Gasteiger partial charge in [0.15, 0.2) is 11.5 Å². The van der Waals surface area contributed by atoms with Crippen LogP contribution in [0.1, 0.15) is 12.0 Å². The van der Waals surface area contributed by atoms with Crippen molar-refractivity contribution in [2.45, 2.75) is 18.9 Å². The fraction of sp³-hybridized carbons (Fsp3) is 0.300. The summed E-state index contributed by atoms with van der Waals surface area (Å²) in [5.41, 5.74) is 1.20. The Morgan fingerprint density at radius 2 is 1.72 bits per heavy atom. The van der Waals surface area contributed by atoms with E-state index in [2.05, 4.69) is 10.6 Å². The maximum Gasteiger partial charge on any atom is 0.321 e. The summed E-state index contributed by atoms with van der Waals surface area (Å²) in [6.07, 6.45) is 0.269. The molecule has 0 bridgehead atoms. The molecular weight excluding hydrogens is 419 g/mol. The molecule has 0 aliphatic carbocycles. The highest BCUT2D eigenvalue weighted by Crippen LogP contribution is 2.30. The second kappa shape index (κ2) is 10.9. The molecule has 9 heteroatoms. The number of anilines is 1. The highest BCUT2D eigenvalue weighted by atomic mass is 35.5. The van der Waals surface area contributed by atoms with Gasteiger partial charge in [-0.1, -0.05) is 35.3 Å². The van der Waals surface area contributed by atoms with Gasteiger partial charge >= 0.3 is 5.97 Å². The summed E-state index contributed by atoms with van der Waals surface area (Å²) in [7, 11) is 3.10. The van der Waals surface area contributed by atoms with Gasteiger partial charge in [-0.2, -0.15) is 0 Å². The van der Waals surface area contributed by atoms with Crippen LogP contribution >= 0.6 is 23.2 Å². The number of nitrogens with one attached hydrogen (secondary N) is 2. The summed E-state index contributed by atoms with van der Waals surface area (Å²) in [4.78, 5) is 23.8. The van der Waals surface area contributed by atoms with E-state index in [-0.39, 0.29) is 22.2 Å². The van der Waals surface area contributed by atoms with Gasteiger partial charge in [0, 0.05) is 0 Å². The molecule has 0 radical (unpaired) electrons. The molecular formula is C20H22Cl2N2O5. The summed E-state index contributed by atoms with van der Waals surface area (Å²) in [5, 5.41) is 15.4. The average Bonchev–Trinajstić information content (AvgIpc) is 2.69. The molecule has 0 spiro atoms. The average molecular weight is 441 g/mol. The monoisotopic (exact) mass is 440 g/mol. The quantitative estimate of drug-likeness (QED) is 0.521. The topological polar surface area (TPSA) is 96.9 Å². The Labute approximate surface area is 178 Å². The molecule has 0 aliphatic rings. The van der Waals surface area contributed by atoms with E-state index in [9.17, 15) is 14.7 Å². The summed E-state index contributed by atoms with van der Waals surface area (Å²) >= 11 is 12.0. The first-order chi connectivity index (χ1) is 13.8. The Hall–Kier alpha value is -2.48. The van der Waals surface area contributed by atoms with Gasteiger partial charge in [-0.3, -0.25) is 9.59 Å². The third-order valence-electron chi connectivity index (χ3n) is 4.17. The van der Waals surface area contributed by atoms with Crippen LogP contribution in [-0.4, -0.2) is 43.8 Å². The van der Waals surface area contributed by atoms with Gasteiger partial charge in [-0.15, -0.1) is 0 Å². The maximum atomic E-state index is 12.3. The first-order valence-corrected chi connectivity index (χ1v) is 9.52. The molecule has 0 saturated carbocycles. The number of ether oxygens (including phenoxy) is 2. The zero-order chi connectivity index (χ0) is 21.4. The lowest BCUT2D eigenvalue weighted by atomic mass is 10.1. The van der Waals surface area contributed by atoms with Crippen LogP contribution in [0.4, 0.5) is 5.69 Å². The molecule has 29 heavy (non-hydrogen) atoms. The highest BCUT2D eigenvalue weighted by Gasteiger charge is 2.21. The van der Waals surface area contributed by atoms with E-state index in [0.29, 0.717) is 24.5 Å². The molecule has 0 aliphatic heterocycles. The van der Waals surface area contributed by atoms with Crippen molar-refractivity contribution in [3.8, 4) is 11.5 Å². The number of methoxy groups -OCH3 is 2. The molecule has 7 nitrogen and oxygen atoms in total. The van der Waals surface area contributed by atoms with Gasteiger partial charge in [0.1, 0.15) is 6.04 Å². The Morgan fingerprint density at radius 1 is 1.07 bits per heavy atom. The molecule has 3 N–H and O–H groups in total. The first-order valence-electron chi connectivity index (χ1n) is 8.76. The summed E-state index contributed by atoms with van der Waals surface area (Å²) in [6.45, 7) is 0.354. The molecule has 2 aromatic rings. The number of amides is 1. The Morgan fingerprint density at radius 3 is 2.31 bits per heavy atom. The van der Waals surface area contributed by atoms with Crippen LogP contribution in [0, 0.1) is 0 Å². The number of para-hydroxylation sites is 1. The molecule has 156 valence electrons. The second-order valence-corrected chi connectivity index (χ2v) is 6.95. The summed E-state index contributed by atoms with van der Waals surface area (Å²) < 4.78 is 10.5. The van der Waals surface area contributed by atoms with Crippen LogP contribution in [0.3, 0.4) is 0 Å². The predicted octanol–water partition coefficient (Wildman–Crippen LogP) is 3.62. The van der Waals surface area contributed by atoms with Crippen molar-refractivity contribution in [3.63, 3.8) is 0 Å². The van der Waals surface area contributed by atoms with Gasteiger partial charge < -0.3 is 25.2 Å². The molecule has 0 aromatic heterocycles. The van der Waals surface area contributed by atoms with Gasteiger partial charge in [-0.05, 0) is 42.8 Å². The van der Waals surface area contributed by atoms with E-state index in [4.69, 9.17) is 32.7 Å². The fourth-order valence-electron chi connectivity index (χ4n) is 2.67. The Kier molecular flexibility index (Phi) is 8.57. The highest BCUT2D eigenvalue weighted by molar-refractivity contribution is 6.39. The van der Waals surface area contributed by atoms with Crippen molar-refractivity contribution < 1.29 is 24.2 Å². The predicted molar refractivity (Wildman–Crippen MR) is 112 cm³/mol. The van der Waals surface area contributed by atoms with E-state index in [1.165, 1.54) is 0 Å². The van der Waals surface area contributed by atoms with E-state index >= 15 is 0 Å². The zero-order valence-corrected chi connectivity index (χ0v) is 17.5. The SMILES string of the molecule is COc1ccc(CCN[C@H](CC(=O)Nc2c(Cl)cccc2Cl)C(=O)O)cc1OC. The van der Waals surface area contributed by atoms with E-state index in [1.54, 1.807) is 38.5 Å². The lowest BCUT2D eigenvalue weighted by Crippen LogP contribution is -2.40. The van der Waals surface area contributed by atoms with Crippen molar-refractivity contribution in [3.05, 3.63) is 52.0 Å². The van der Waals surface area contributed by atoms with Crippen LogP contribution in [0.2, 0.25) is 10.0 Å². The third-order valence-corrected chi connectivity index (χ3v) is 4.80. The number of carboxylic acids is 1. The number of carboxylic acid groups (broad SMARTS) is 1. The summed E-state index contributed by atoms with van der Waals surface area (Å²) in [6, 6.07) is 9.22. The van der Waals surface area contributed by atoms with Gasteiger partial charge in [0.05, 0.1) is 36.4 Å². The third kappa shape index (κ3) is 6.52. The molecule has 0 fully saturated rings. The van der Waals surface area contributed by atoms with Gasteiger partial charge in [0.25, 0.3) is 0 Å². The Balaban J connectivity index is 1.93. The van der Waals surface area contributed by atoms with Crippen LogP contribution in [-0.2, 0) is 16.0 Å². The number of carbonyl (C=O) groups excluding carboxylic acids is 1. The number of benzene rings is 2. The number of hydrogen-bond acceptors (Lipinski definition) is 5. The van der Waals surface area contributed by atoms with Crippen molar-refractivity contribution in [1.29, 1.82) is 0 Å². The van der Waals surface area contributed by atoms with E-state index in [0.717, 1.165) is 5.56 Å². The molecule has 2 aromatic carbocycles. The van der Waals surface area contributed by atoms with Crippen LogP contribution in [0.25, 0.3) is 0 Å². The lowest BCUT2D eigenvalue weighted by Gasteiger charge is -2.16. The largest absolute Gasteiger partial charge is 0.493 e. The van der Waals surface area contributed by atoms with Gasteiger partial charge in [-0.25, -0.2) is 0 Å².